The predicted molar refractivity (Wildman–Crippen MR) is 87.9 cm³/mol. The van der Waals surface area contributed by atoms with Crippen molar-refractivity contribution in [2.75, 3.05) is 6.54 Å². The van der Waals surface area contributed by atoms with E-state index in [1.54, 1.807) is 0 Å². The summed E-state index contributed by atoms with van der Waals surface area (Å²) in [5, 5.41) is 9.03. The number of nitrogens with zero attached hydrogens (tertiary/aromatic N) is 3. The lowest BCUT2D eigenvalue weighted by atomic mass is 10.1. The molecule has 0 unspecified atom stereocenters. The van der Waals surface area contributed by atoms with Crippen molar-refractivity contribution < 1.29 is 0 Å². The first-order valence-electron chi connectivity index (χ1n) is 7.47. The number of aromatic nitrogens is 2. The molecule has 2 N–H and O–H groups in total. The highest BCUT2D eigenvalue weighted by Gasteiger charge is 2.11. The molecule has 0 saturated carbocycles. The lowest BCUT2D eigenvalue weighted by Crippen LogP contribution is -2.03. The molecule has 0 aliphatic rings. The van der Waals surface area contributed by atoms with E-state index in [0.29, 0.717) is 12.1 Å². The van der Waals surface area contributed by atoms with Gasteiger partial charge in [-0.05, 0) is 48.9 Å². The molecule has 0 saturated heterocycles. The van der Waals surface area contributed by atoms with Gasteiger partial charge >= 0.3 is 0 Å². The average Bonchev–Trinajstić information content (AvgIpc) is 2.93. The van der Waals surface area contributed by atoms with Crippen LogP contribution in [0.15, 0.2) is 42.5 Å². The van der Waals surface area contributed by atoms with E-state index >= 15 is 0 Å². The van der Waals surface area contributed by atoms with E-state index in [9.17, 15) is 0 Å². The summed E-state index contributed by atoms with van der Waals surface area (Å²) >= 11 is 0. The van der Waals surface area contributed by atoms with Crippen molar-refractivity contribution in [3.63, 3.8) is 0 Å². The van der Waals surface area contributed by atoms with Crippen molar-refractivity contribution in [1.82, 2.24) is 9.55 Å². The SMILES string of the molecule is CCc1nc2cc(C#N)ccc2n1-c1ccc(CCN)cc1. The summed E-state index contributed by atoms with van der Waals surface area (Å²) in [5.41, 5.74) is 10.5. The van der Waals surface area contributed by atoms with Crippen molar-refractivity contribution in [3.8, 4) is 11.8 Å². The van der Waals surface area contributed by atoms with Crippen molar-refractivity contribution in [2.45, 2.75) is 19.8 Å². The van der Waals surface area contributed by atoms with Crippen LogP contribution in [0.3, 0.4) is 0 Å². The van der Waals surface area contributed by atoms with Crippen LogP contribution in [0.4, 0.5) is 0 Å². The number of rotatable bonds is 4. The molecule has 22 heavy (non-hydrogen) atoms. The van der Waals surface area contributed by atoms with Gasteiger partial charge in [0.1, 0.15) is 5.82 Å². The Labute approximate surface area is 129 Å². The number of fused-ring (bicyclic) bond motifs is 1. The molecule has 0 aliphatic heterocycles. The second-order valence-corrected chi connectivity index (χ2v) is 5.24. The van der Waals surface area contributed by atoms with Crippen LogP contribution < -0.4 is 5.73 Å². The summed E-state index contributed by atoms with van der Waals surface area (Å²) in [4.78, 5) is 4.67. The number of hydrogen-bond donors (Lipinski definition) is 1. The van der Waals surface area contributed by atoms with Crippen LogP contribution in [-0.2, 0) is 12.8 Å². The van der Waals surface area contributed by atoms with Crippen LogP contribution in [0.25, 0.3) is 16.7 Å². The van der Waals surface area contributed by atoms with Gasteiger partial charge in [0.15, 0.2) is 0 Å². The Kier molecular flexibility index (Phi) is 3.90. The minimum atomic E-state index is 0.637. The first-order valence-corrected chi connectivity index (χ1v) is 7.47. The van der Waals surface area contributed by atoms with Crippen molar-refractivity contribution in [3.05, 3.63) is 59.4 Å². The molecule has 110 valence electrons. The van der Waals surface area contributed by atoms with Gasteiger partial charge in [0.2, 0.25) is 0 Å². The summed E-state index contributed by atoms with van der Waals surface area (Å²) in [6.45, 7) is 2.75. The molecule has 0 radical (unpaired) electrons. The highest BCUT2D eigenvalue weighted by Crippen LogP contribution is 2.23. The number of imidazole rings is 1. The maximum atomic E-state index is 9.03. The standard InChI is InChI=1S/C18H18N4/c1-2-18-21-16-11-14(12-20)5-8-17(16)22(18)15-6-3-13(4-7-15)9-10-19/h3-8,11H,2,9-10,19H2,1H3. The number of hydrogen-bond acceptors (Lipinski definition) is 3. The van der Waals surface area contributed by atoms with E-state index in [2.05, 4.69) is 46.8 Å². The molecule has 0 amide bonds. The van der Waals surface area contributed by atoms with Crippen LogP contribution in [0.5, 0.6) is 0 Å². The van der Waals surface area contributed by atoms with Gasteiger partial charge in [-0.3, -0.25) is 4.57 Å². The zero-order valence-corrected chi connectivity index (χ0v) is 12.6. The smallest absolute Gasteiger partial charge is 0.114 e. The average molecular weight is 290 g/mol. The highest BCUT2D eigenvalue weighted by atomic mass is 15.1. The summed E-state index contributed by atoms with van der Waals surface area (Å²) in [7, 11) is 0. The molecule has 0 fully saturated rings. The molecule has 0 aliphatic carbocycles. The zero-order valence-electron chi connectivity index (χ0n) is 12.6. The Morgan fingerprint density at radius 2 is 1.95 bits per heavy atom. The van der Waals surface area contributed by atoms with Gasteiger partial charge in [0.05, 0.1) is 22.7 Å². The Bertz CT molecular complexity index is 838. The van der Waals surface area contributed by atoms with Gasteiger partial charge in [-0.25, -0.2) is 4.98 Å². The monoisotopic (exact) mass is 290 g/mol. The minimum absolute atomic E-state index is 0.637. The predicted octanol–water partition coefficient (Wildman–Crippen LogP) is 2.96. The summed E-state index contributed by atoms with van der Waals surface area (Å²) in [5.74, 6) is 0.997. The third-order valence-electron chi connectivity index (χ3n) is 3.80. The van der Waals surface area contributed by atoms with E-state index in [1.165, 1.54) is 5.56 Å². The van der Waals surface area contributed by atoms with Crippen molar-refractivity contribution >= 4 is 11.0 Å². The highest BCUT2D eigenvalue weighted by molar-refractivity contribution is 5.79. The van der Waals surface area contributed by atoms with E-state index < -0.39 is 0 Å². The van der Waals surface area contributed by atoms with Crippen LogP contribution in [0, 0.1) is 11.3 Å². The zero-order chi connectivity index (χ0) is 15.5. The third-order valence-corrected chi connectivity index (χ3v) is 3.80. The topological polar surface area (TPSA) is 67.6 Å². The summed E-state index contributed by atoms with van der Waals surface area (Å²) < 4.78 is 2.16. The molecule has 3 rings (SSSR count). The fourth-order valence-corrected chi connectivity index (χ4v) is 2.70. The lowest BCUT2D eigenvalue weighted by molar-refractivity contribution is 0.905. The van der Waals surface area contributed by atoms with Crippen LogP contribution in [-0.4, -0.2) is 16.1 Å². The summed E-state index contributed by atoms with van der Waals surface area (Å²) in [6.07, 6.45) is 1.72. The van der Waals surface area contributed by atoms with Gasteiger partial charge in [-0.2, -0.15) is 5.26 Å². The van der Waals surface area contributed by atoms with E-state index in [-0.39, 0.29) is 0 Å². The van der Waals surface area contributed by atoms with E-state index in [4.69, 9.17) is 11.0 Å². The Balaban J connectivity index is 2.14. The van der Waals surface area contributed by atoms with Gasteiger partial charge in [-0.1, -0.05) is 19.1 Å². The number of nitrogens with two attached hydrogens (primary N) is 1. The van der Waals surface area contributed by atoms with E-state index in [1.807, 2.05) is 18.2 Å². The molecule has 3 aromatic rings. The van der Waals surface area contributed by atoms with Crippen molar-refractivity contribution in [1.29, 1.82) is 5.26 Å². The van der Waals surface area contributed by atoms with Gasteiger partial charge in [-0.15, -0.1) is 0 Å². The first-order chi connectivity index (χ1) is 10.8. The number of benzene rings is 2. The number of aryl methyl sites for hydroxylation is 1. The molecular weight excluding hydrogens is 272 g/mol. The second-order valence-electron chi connectivity index (χ2n) is 5.24. The largest absolute Gasteiger partial charge is 0.330 e. The maximum absolute atomic E-state index is 9.03. The normalized spacial score (nSPS) is 10.8. The third kappa shape index (κ3) is 2.47. The maximum Gasteiger partial charge on any atom is 0.114 e. The van der Waals surface area contributed by atoms with Gasteiger partial charge in [0.25, 0.3) is 0 Å². The Morgan fingerprint density at radius 3 is 2.59 bits per heavy atom. The molecule has 4 nitrogen and oxygen atoms in total. The second kappa shape index (κ2) is 6.00. The minimum Gasteiger partial charge on any atom is -0.330 e. The molecule has 1 heterocycles. The molecule has 4 heteroatoms. The van der Waals surface area contributed by atoms with E-state index in [0.717, 1.165) is 35.4 Å². The molecular formula is C18H18N4. The quantitative estimate of drug-likeness (QED) is 0.803. The molecule has 1 aromatic heterocycles. The fourth-order valence-electron chi connectivity index (χ4n) is 2.70. The van der Waals surface area contributed by atoms with Crippen LogP contribution in [0.2, 0.25) is 0 Å². The van der Waals surface area contributed by atoms with Crippen LogP contribution in [0.1, 0.15) is 23.9 Å². The molecule has 2 aromatic carbocycles. The van der Waals surface area contributed by atoms with Gasteiger partial charge in [0, 0.05) is 12.1 Å². The fraction of sp³-hybridized carbons (Fsp3) is 0.222. The Morgan fingerprint density at radius 1 is 1.18 bits per heavy atom. The van der Waals surface area contributed by atoms with Gasteiger partial charge < -0.3 is 5.73 Å². The molecule has 0 atom stereocenters. The summed E-state index contributed by atoms with van der Waals surface area (Å²) in [6, 6.07) is 16.2. The Hall–Kier alpha value is -2.64. The van der Waals surface area contributed by atoms with Crippen LogP contribution >= 0.6 is 0 Å². The molecule has 0 spiro atoms. The lowest BCUT2D eigenvalue weighted by Gasteiger charge is -2.09. The number of nitriles is 1. The first kappa shape index (κ1) is 14.3. The molecule has 0 bridgehead atoms. The van der Waals surface area contributed by atoms with Crippen molar-refractivity contribution in [2.24, 2.45) is 5.73 Å².